The van der Waals surface area contributed by atoms with Crippen molar-refractivity contribution in [2.75, 3.05) is 0 Å². The Morgan fingerprint density at radius 3 is 2.78 bits per heavy atom. The first kappa shape index (κ1) is 14.8. The number of carbonyl (C=O) groups is 1. The molecular weight excluding hydrogens is 294 g/mol. The monoisotopic (exact) mass is 309 g/mol. The molecule has 116 valence electrons. The molecule has 0 radical (unpaired) electrons. The molecule has 0 bridgehead atoms. The summed E-state index contributed by atoms with van der Waals surface area (Å²) >= 11 is 0. The lowest BCUT2D eigenvalue weighted by Gasteiger charge is -2.03. The van der Waals surface area contributed by atoms with Crippen molar-refractivity contribution < 1.29 is 14.1 Å². The van der Waals surface area contributed by atoms with E-state index in [2.05, 4.69) is 15.5 Å². The van der Waals surface area contributed by atoms with Crippen LogP contribution in [-0.2, 0) is 6.54 Å². The quantitative estimate of drug-likeness (QED) is 0.800. The number of amides is 1. The van der Waals surface area contributed by atoms with Crippen molar-refractivity contribution >= 4 is 6.09 Å². The number of benzene rings is 2. The average Bonchev–Trinajstić information content (AvgIpc) is 3.03. The van der Waals surface area contributed by atoms with Crippen LogP contribution in [0.15, 0.2) is 59.1 Å². The number of aromatic nitrogens is 2. The van der Waals surface area contributed by atoms with Crippen molar-refractivity contribution in [2.45, 2.75) is 13.5 Å². The minimum absolute atomic E-state index is 0.102. The summed E-state index contributed by atoms with van der Waals surface area (Å²) in [5.74, 6) is 1.27. The minimum Gasteiger partial charge on any atom is -0.410 e. The Labute approximate surface area is 133 Å². The van der Waals surface area contributed by atoms with E-state index in [9.17, 15) is 4.79 Å². The van der Waals surface area contributed by atoms with Gasteiger partial charge in [-0.3, -0.25) is 0 Å². The molecule has 6 nitrogen and oxygen atoms in total. The van der Waals surface area contributed by atoms with E-state index in [0.29, 0.717) is 17.5 Å². The van der Waals surface area contributed by atoms with Crippen molar-refractivity contribution in [3.8, 4) is 17.1 Å². The van der Waals surface area contributed by atoms with Gasteiger partial charge in [0.05, 0.1) is 0 Å². The number of hydrogen-bond donors (Lipinski definition) is 1. The predicted molar refractivity (Wildman–Crippen MR) is 83.8 cm³/mol. The van der Waals surface area contributed by atoms with Gasteiger partial charge in [-0.1, -0.05) is 47.1 Å². The lowest BCUT2D eigenvalue weighted by molar-refractivity contribution is 0.198. The molecule has 0 saturated carbocycles. The van der Waals surface area contributed by atoms with Crippen molar-refractivity contribution in [3.05, 3.63) is 66.1 Å². The van der Waals surface area contributed by atoms with Crippen LogP contribution in [0, 0.1) is 6.92 Å². The molecule has 0 aliphatic rings. The molecule has 0 aliphatic carbocycles. The van der Waals surface area contributed by atoms with Crippen LogP contribution in [0.5, 0.6) is 5.75 Å². The van der Waals surface area contributed by atoms with Crippen LogP contribution >= 0.6 is 0 Å². The smallest absolute Gasteiger partial charge is 0.410 e. The molecular formula is C17H15N3O3. The lowest BCUT2D eigenvalue weighted by Crippen LogP contribution is -2.26. The third kappa shape index (κ3) is 3.94. The number of aryl methyl sites for hydroxylation is 1. The number of rotatable bonds is 4. The van der Waals surface area contributed by atoms with E-state index in [4.69, 9.17) is 9.26 Å². The fourth-order valence-electron chi connectivity index (χ4n) is 2.01. The minimum atomic E-state index is -0.577. The van der Waals surface area contributed by atoms with Crippen LogP contribution in [0.4, 0.5) is 4.79 Å². The normalized spacial score (nSPS) is 10.3. The zero-order valence-electron chi connectivity index (χ0n) is 12.5. The highest BCUT2D eigenvalue weighted by molar-refractivity contribution is 5.70. The summed E-state index contributed by atoms with van der Waals surface area (Å²) in [6.07, 6.45) is -0.577. The number of nitrogens with one attached hydrogen (secondary N) is 1. The first-order valence-corrected chi connectivity index (χ1v) is 7.11. The van der Waals surface area contributed by atoms with Crippen LogP contribution in [-0.4, -0.2) is 16.2 Å². The fourth-order valence-corrected chi connectivity index (χ4v) is 2.01. The Balaban J connectivity index is 1.58. The van der Waals surface area contributed by atoms with Gasteiger partial charge in [0.2, 0.25) is 11.7 Å². The summed E-state index contributed by atoms with van der Waals surface area (Å²) in [5.41, 5.74) is 1.98. The van der Waals surface area contributed by atoms with Gasteiger partial charge < -0.3 is 14.6 Å². The van der Waals surface area contributed by atoms with Crippen molar-refractivity contribution in [3.63, 3.8) is 0 Å². The van der Waals surface area contributed by atoms with Gasteiger partial charge in [-0.2, -0.15) is 4.98 Å². The van der Waals surface area contributed by atoms with Gasteiger partial charge in [0, 0.05) is 5.56 Å². The van der Waals surface area contributed by atoms with Crippen LogP contribution < -0.4 is 10.1 Å². The molecule has 0 spiro atoms. The maximum absolute atomic E-state index is 11.7. The topological polar surface area (TPSA) is 77.2 Å². The summed E-state index contributed by atoms with van der Waals surface area (Å²) < 4.78 is 10.2. The van der Waals surface area contributed by atoms with E-state index >= 15 is 0 Å². The number of carbonyl (C=O) groups excluding carboxylic acids is 1. The zero-order chi connectivity index (χ0) is 16.1. The van der Waals surface area contributed by atoms with Gasteiger partial charge in [-0.05, 0) is 25.1 Å². The predicted octanol–water partition coefficient (Wildman–Crippen LogP) is 3.33. The van der Waals surface area contributed by atoms with Crippen molar-refractivity contribution in [2.24, 2.45) is 0 Å². The summed E-state index contributed by atoms with van der Waals surface area (Å²) in [6.45, 7) is 2.09. The molecule has 0 atom stereocenters. The Hall–Kier alpha value is -3.15. The second kappa shape index (κ2) is 6.74. The molecule has 3 aromatic rings. The largest absolute Gasteiger partial charge is 0.413 e. The molecule has 0 aliphatic heterocycles. The Morgan fingerprint density at radius 2 is 2.00 bits per heavy atom. The molecule has 0 fully saturated rings. The zero-order valence-corrected chi connectivity index (χ0v) is 12.5. The molecule has 1 aromatic heterocycles. The Bertz CT molecular complexity index is 800. The maximum Gasteiger partial charge on any atom is 0.413 e. The third-order valence-corrected chi connectivity index (χ3v) is 3.08. The standard InChI is InChI=1S/C17H15N3O3/c1-12-6-5-7-13(10-12)16-19-15(23-20-16)11-18-17(21)22-14-8-3-2-4-9-14/h2-10H,11H2,1H3,(H,18,21). The molecule has 0 unspecified atom stereocenters. The lowest BCUT2D eigenvalue weighted by atomic mass is 10.1. The number of para-hydroxylation sites is 1. The van der Waals surface area contributed by atoms with E-state index in [0.717, 1.165) is 11.1 Å². The van der Waals surface area contributed by atoms with Gasteiger partial charge in [0.25, 0.3) is 0 Å². The van der Waals surface area contributed by atoms with Crippen LogP contribution in [0.2, 0.25) is 0 Å². The molecule has 1 N–H and O–H groups in total. The molecule has 3 rings (SSSR count). The molecule has 1 heterocycles. The summed E-state index contributed by atoms with van der Waals surface area (Å²) in [7, 11) is 0. The maximum atomic E-state index is 11.7. The van der Waals surface area contributed by atoms with Gasteiger partial charge in [-0.15, -0.1) is 0 Å². The Kier molecular flexibility index (Phi) is 4.33. The highest BCUT2D eigenvalue weighted by Crippen LogP contribution is 2.16. The summed E-state index contributed by atoms with van der Waals surface area (Å²) in [4.78, 5) is 15.9. The molecule has 0 saturated heterocycles. The van der Waals surface area contributed by atoms with Gasteiger partial charge in [0.15, 0.2) is 0 Å². The van der Waals surface area contributed by atoms with E-state index in [1.165, 1.54) is 0 Å². The van der Waals surface area contributed by atoms with Crippen molar-refractivity contribution in [1.82, 2.24) is 15.5 Å². The first-order valence-electron chi connectivity index (χ1n) is 7.11. The number of ether oxygens (including phenoxy) is 1. The van der Waals surface area contributed by atoms with Crippen LogP contribution in [0.3, 0.4) is 0 Å². The average molecular weight is 309 g/mol. The second-order valence-electron chi connectivity index (χ2n) is 4.94. The molecule has 6 heteroatoms. The molecule has 2 aromatic carbocycles. The molecule has 1 amide bonds. The van der Waals surface area contributed by atoms with Crippen molar-refractivity contribution in [1.29, 1.82) is 0 Å². The van der Waals surface area contributed by atoms with Gasteiger partial charge in [-0.25, -0.2) is 4.79 Å². The highest BCUT2D eigenvalue weighted by atomic mass is 16.6. The van der Waals surface area contributed by atoms with Crippen LogP contribution in [0.1, 0.15) is 11.5 Å². The van der Waals surface area contributed by atoms with E-state index < -0.39 is 6.09 Å². The highest BCUT2D eigenvalue weighted by Gasteiger charge is 2.10. The van der Waals surface area contributed by atoms with E-state index in [-0.39, 0.29) is 6.54 Å². The SMILES string of the molecule is Cc1cccc(-c2noc(CNC(=O)Oc3ccccc3)n2)c1. The molecule has 23 heavy (non-hydrogen) atoms. The Morgan fingerprint density at radius 1 is 1.17 bits per heavy atom. The third-order valence-electron chi connectivity index (χ3n) is 3.08. The van der Waals surface area contributed by atoms with Gasteiger partial charge >= 0.3 is 6.09 Å². The van der Waals surface area contributed by atoms with E-state index in [1.807, 2.05) is 37.3 Å². The summed E-state index contributed by atoms with van der Waals surface area (Å²) in [6, 6.07) is 16.6. The fraction of sp³-hybridized carbons (Fsp3) is 0.118. The van der Waals surface area contributed by atoms with Gasteiger partial charge in [0.1, 0.15) is 12.3 Å². The van der Waals surface area contributed by atoms with Crippen LogP contribution in [0.25, 0.3) is 11.4 Å². The second-order valence-corrected chi connectivity index (χ2v) is 4.94. The first-order chi connectivity index (χ1) is 11.2. The number of hydrogen-bond acceptors (Lipinski definition) is 5. The summed E-state index contributed by atoms with van der Waals surface area (Å²) in [5, 5.41) is 6.48. The van der Waals surface area contributed by atoms with E-state index in [1.54, 1.807) is 24.3 Å². The number of nitrogens with zero attached hydrogens (tertiary/aromatic N) is 2.